The van der Waals surface area contributed by atoms with Gasteiger partial charge in [0, 0.05) is 38.8 Å². The van der Waals surface area contributed by atoms with Gasteiger partial charge in [-0.25, -0.2) is 22.2 Å². The van der Waals surface area contributed by atoms with Crippen LogP contribution in [0.5, 0.6) is 0 Å². The van der Waals surface area contributed by atoms with Crippen LogP contribution in [0.15, 0.2) is 77.7 Å². The number of piperazine rings is 1. The smallest absolute Gasteiger partial charge is 0.246 e. The lowest BCUT2D eigenvalue weighted by Gasteiger charge is -2.33. The van der Waals surface area contributed by atoms with Crippen LogP contribution in [0.25, 0.3) is 11.0 Å². The number of rotatable bonds is 6. The molecular formula is C25H24F2N4O2S. The number of para-hydroxylation sites is 2. The van der Waals surface area contributed by atoms with Crippen LogP contribution >= 0.6 is 0 Å². The Bertz CT molecular complexity index is 1420. The number of halogens is 2. The van der Waals surface area contributed by atoms with Crippen molar-refractivity contribution in [3.05, 3.63) is 95.8 Å². The first-order chi connectivity index (χ1) is 16.4. The van der Waals surface area contributed by atoms with Gasteiger partial charge in [-0.05, 0) is 29.8 Å². The van der Waals surface area contributed by atoms with Gasteiger partial charge >= 0.3 is 0 Å². The normalized spacial score (nSPS) is 15.7. The Labute approximate surface area is 197 Å². The summed E-state index contributed by atoms with van der Waals surface area (Å²) in [4.78, 5) is 6.50. The molecule has 1 aliphatic heterocycles. The second-order valence-electron chi connectivity index (χ2n) is 8.34. The van der Waals surface area contributed by atoms with Crippen LogP contribution in [-0.4, -0.2) is 53.4 Å². The first-order valence-electron chi connectivity index (χ1n) is 11.1. The minimum Gasteiger partial charge on any atom is -0.322 e. The Kier molecular flexibility index (Phi) is 6.16. The van der Waals surface area contributed by atoms with Gasteiger partial charge in [0.1, 0.15) is 22.4 Å². The standard InChI is InChI=1S/C25H24F2N4O2S/c26-20-10-11-24(21(27)16-20)34(32,33)30-14-12-29(13-15-30)18-25-28-22-8-4-5-9-23(22)31(25)17-19-6-2-1-3-7-19/h1-11,16H,12-15,17-18H2. The highest BCUT2D eigenvalue weighted by Gasteiger charge is 2.31. The summed E-state index contributed by atoms with van der Waals surface area (Å²) in [6, 6.07) is 20.7. The molecule has 0 bridgehead atoms. The minimum absolute atomic E-state index is 0.220. The van der Waals surface area contributed by atoms with E-state index in [0.29, 0.717) is 32.2 Å². The molecule has 0 unspecified atom stereocenters. The Balaban J connectivity index is 1.33. The van der Waals surface area contributed by atoms with Gasteiger partial charge in [-0.1, -0.05) is 42.5 Å². The van der Waals surface area contributed by atoms with Crippen molar-refractivity contribution in [2.45, 2.75) is 18.0 Å². The second kappa shape index (κ2) is 9.25. The molecule has 9 heteroatoms. The van der Waals surface area contributed by atoms with Crippen LogP contribution in [0.4, 0.5) is 8.78 Å². The average Bonchev–Trinajstić information content (AvgIpc) is 3.16. The van der Waals surface area contributed by atoms with Crippen LogP contribution in [0.3, 0.4) is 0 Å². The fourth-order valence-corrected chi connectivity index (χ4v) is 5.81. The molecule has 0 amide bonds. The highest BCUT2D eigenvalue weighted by Crippen LogP contribution is 2.23. The Morgan fingerprint density at radius 3 is 2.26 bits per heavy atom. The number of fused-ring (bicyclic) bond motifs is 1. The Hall–Kier alpha value is -3.14. The molecule has 0 saturated carbocycles. The molecule has 1 saturated heterocycles. The number of aromatic nitrogens is 2. The predicted octanol–water partition coefficient (Wildman–Crippen LogP) is 3.87. The van der Waals surface area contributed by atoms with Gasteiger partial charge in [0.15, 0.2) is 0 Å². The molecular weight excluding hydrogens is 458 g/mol. The first-order valence-corrected chi connectivity index (χ1v) is 12.5. The van der Waals surface area contributed by atoms with Crippen molar-refractivity contribution in [2.24, 2.45) is 0 Å². The number of imidazole rings is 1. The number of benzene rings is 3. The van der Waals surface area contributed by atoms with Gasteiger partial charge in [0.25, 0.3) is 0 Å². The van der Waals surface area contributed by atoms with Crippen molar-refractivity contribution in [2.75, 3.05) is 26.2 Å². The summed E-state index contributed by atoms with van der Waals surface area (Å²) in [5.74, 6) is -0.970. The lowest BCUT2D eigenvalue weighted by atomic mass is 10.2. The summed E-state index contributed by atoms with van der Waals surface area (Å²) < 4.78 is 56.6. The van der Waals surface area contributed by atoms with Crippen molar-refractivity contribution in [1.29, 1.82) is 0 Å². The zero-order chi connectivity index (χ0) is 23.7. The SMILES string of the molecule is O=S(=O)(c1ccc(F)cc1F)N1CCN(Cc2nc3ccccc3n2Cc2ccccc2)CC1. The predicted molar refractivity (Wildman–Crippen MR) is 126 cm³/mol. The molecule has 1 aliphatic rings. The van der Waals surface area contributed by atoms with Crippen molar-refractivity contribution in [3.63, 3.8) is 0 Å². The van der Waals surface area contributed by atoms with Gasteiger partial charge in [0.2, 0.25) is 10.0 Å². The van der Waals surface area contributed by atoms with Crippen LogP contribution in [0, 0.1) is 11.6 Å². The summed E-state index contributed by atoms with van der Waals surface area (Å²) in [5, 5.41) is 0. The quantitative estimate of drug-likeness (QED) is 0.419. The molecule has 1 fully saturated rings. The van der Waals surface area contributed by atoms with Crippen LogP contribution < -0.4 is 0 Å². The van der Waals surface area contributed by atoms with Crippen molar-refractivity contribution >= 4 is 21.1 Å². The topological polar surface area (TPSA) is 58.4 Å². The maximum absolute atomic E-state index is 14.1. The zero-order valence-corrected chi connectivity index (χ0v) is 19.3. The largest absolute Gasteiger partial charge is 0.322 e. The molecule has 0 radical (unpaired) electrons. The van der Waals surface area contributed by atoms with Gasteiger partial charge in [-0.15, -0.1) is 0 Å². The Morgan fingerprint density at radius 2 is 1.53 bits per heavy atom. The Morgan fingerprint density at radius 1 is 0.824 bits per heavy atom. The van der Waals surface area contributed by atoms with E-state index in [1.54, 1.807) is 0 Å². The molecule has 34 heavy (non-hydrogen) atoms. The fourth-order valence-electron chi connectivity index (χ4n) is 4.34. The summed E-state index contributed by atoms with van der Waals surface area (Å²) >= 11 is 0. The third-order valence-electron chi connectivity index (χ3n) is 6.13. The van der Waals surface area contributed by atoms with E-state index in [9.17, 15) is 17.2 Å². The van der Waals surface area contributed by atoms with Gasteiger partial charge in [-0.3, -0.25) is 4.90 Å². The summed E-state index contributed by atoms with van der Waals surface area (Å²) in [6.07, 6.45) is 0. The highest BCUT2D eigenvalue weighted by molar-refractivity contribution is 7.89. The minimum atomic E-state index is -4.03. The van der Waals surface area contributed by atoms with Gasteiger partial charge in [0.05, 0.1) is 17.6 Å². The first kappa shape index (κ1) is 22.6. The number of hydrogen-bond donors (Lipinski definition) is 0. The average molecular weight is 483 g/mol. The molecule has 176 valence electrons. The van der Waals surface area contributed by atoms with E-state index in [-0.39, 0.29) is 13.1 Å². The summed E-state index contributed by atoms with van der Waals surface area (Å²) in [7, 11) is -4.03. The maximum atomic E-state index is 14.1. The van der Waals surface area contributed by atoms with Crippen LogP contribution in [0.2, 0.25) is 0 Å². The summed E-state index contributed by atoms with van der Waals surface area (Å²) in [6.45, 7) is 2.67. The van der Waals surface area contributed by atoms with E-state index in [0.717, 1.165) is 29.0 Å². The highest BCUT2D eigenvalue weighted by atomic mass is 32.2. The van der Waals surface area contributed by atoms with Crippen LogP contribution in [-0.2, 0) is 23.1 Å². The molecule has 0 spiro atoms. The third-order valence-corrected chi connectivity index (χ3v) is 8.06. The van der Waals surface area contributed by atoms with E-state index >= 15 is 0 Å². The second-order valence-corrected chi connectivity index (χ2v) is 10.2. The van der Waals surface area contributed by atoms with Gasteiger partial charge in [-0.2, -0.15) is 4.31 Å². The van der Waals surface area contributed by atoms with E-state index in [4.69, 9.17) is 4.98 Å². The maximum Gasteiger partial charge on any atom is 0.246 e. The van der Waals surface area contributed by atoms with Crippen molar-refractivity contribution < 1.29 is 17.2 Å². The van der Waals surface area contributed by atoms with E-state index in [1.807, 2.05) is 36.4 Å². The molecule has 4 aromatic rings. The van der Waals surface area contributed by atoms with E-state index < -0.39 is 26.6 Å². The molecule has 1 aromatic heterocycles. The third kappa shape index (κ3) is 4.46. The number of sulfonamides is 1. The molecule has 6 nitrogen and oxygen atoms in total. The molecule has 0 N–H and O–H groups in total. The number of nitrogens with zero attached hydrogens (tertiary/aromatic N) is 4. The molecule has 5 rings (SSSR count). The van der Waals surface area contributed by atoms with Crippen molar-refractivity contribution in [3.8, 4) is 0 Å². The lowest BCUT2D eigenvalue weighted by molar-refractivity contribution is 0.176. The molecule has 3 aromatic carbocycles. The monoisotopic (exact) mass is 482 g/mol. The van der Waals surface area contributed by atoms with Crippen LogP contribution in [0.1, 0.15) is 11.4 Å². The molecule has 0 aliphatic carbocycles. The van der Waals surface area contributed by atoms with Gasteiger partial charge < -0.3 is 4.57 Å². The number of hydrogen-bond acceptors (Lipinski definition) is 4. The zero-order valence-electron chi connectivity index (χ0n) is 18.4. The fraction of sp³-hybridized carbons (Fsp3) is 0.240. The molecule has 0 atom stereocenters. The van der Waals surface area contributed by atoms with Crippen molar-refractivity contribution in [1.82, 2.24) is 18.8 Å². The van der Waals surface area contributed by atoms with E-state index in [2.05, 4.69) is 27.7 Å². The lowest BCUT2D eigenvalue weighted by Crippen LogP contribution is -2.48. The summed E-state index contributed by atoms with van der Waals surface area (Å²) in [5.41, 5.74) is 3.14. The molecule has 2 heterocycles. The van der Waals surface area contributed by atoms with E-state index in [1.165, 1.54) is 9.87 Å².